The second kappa shape index (κ2) is 6.19. The number of nitriles is 1. The molecule has 5 nitrogen and oxygen atoms in total. The first-order chi connectivity index (χ1) is 10.8. The average Bonchev–Trinajstić information content (AvgIpc) is 3.02. The molecule has 2 aromatic rings. The maximum atomic E-state index is 12.2. The molecule has 1 atom stereocenters. The molecule has 1 aliphatic heterocycles. The standard InChI is InChI=1S/C17H14N2O3/c18-9-14(13-4-2-1-3-5-13)17(20)19-10-12-6-7-15-16(8-12)22-11-21-15/h1-8,14H,10-11H2,(H,19,20)/t14-/m0/s1. The lowest BCUT2D eigenvalue weighted by Gasteiger charge is -2.11. The van der Waals surface area contributed by atoms with E-state index in [4.69, 9.17) is 9.47 Å². The second-order valence-electron chi connectivity index (χ2n) is 4.88. The highest BCUT2D eigenvalue weighted by Crippen LogP contribution is 2.32. The molecule has 0 radical (unpaired) electrons. The monoisotopic (exact) mass is 294 g/mol. The summed E-state index contributed by atoms with van der Waals surface area (Å²) in [5, 5.41) is 12.0. The molecular weight excluding hydrogens is 280 g/mol. The zero-order valence-electron chi connectivity index (χ0n) is 11.8. The minimum Gasteiger partial charge on any atom is -0.454 e. The largest absolute Gasteiger partial charge is 0.454 e. The molecule has 0 unspecified atom stereocenters. The summed E-state index contributed by atoms with van der Waals surface area (Å²) in [5.74, 6) is 0.252. The van der Waals surface area contributed by atoms with E-state index in [1.54, 1.807) is 12.1 Å². The molecule has 1 N–H and O–H groups in total. The van der Waals surface area contributed by atoms with Crippen molar-refractivity contribution < 1.29 is 14.3 Å². The van der Waals surface area contributed by atoms with Gasteiger partial charge in [0, 0.05) is 6.54 Å². The van der Waals surface area contributed by atoms with E-state index < -0.39 is 5.92 Å². The third kappa shape index (κ3) is 2.86. The van der Waals surface area contributed by atoms with Gasteiger partial charge in [0.05, 0.1) is 6.07 Å². The Hall–Kier alpha value is -3.00. The van der Waals surface area contributed by atoms with Crippen molar-refractivity contribution in [2.45, 2.75) is 12.5 Å². The fraction of sp³-hybridized carbons (Fsp3) is 0.176. The minimum absolute atomic E-state index is 0.218. The topological polar surface area (TPSA) is 71.4 Å². The Bertz CT molecular complexity index is 722. The molecule has 0 saturated heterocycles. The molecule has 3 rings (SSSR count). The van der Waals surface area contributed by atoms with Gasteiger partial charge in [0.15, 0.2) is 11.5 Å². The van der Waals surface area contributed by atoms with Crippen LogP contribution in [0, 0.1) is 11.3 Å². The maximum absolute atomic E-state index is 12.2. The Morgan fingerprint density at radius 1 is 1.18 bits per heavy atom. The van der Waals surface area contributed by atoms with Gasteiger partial charge >= 0.3 is 0 Å². The molecule has 0 aliphatic carbocycles. The van der Waals surface area contributed by atoms with Gasteiger partial charge in [0.25, 0.3) is 0 Å². The van der Waals surface area contributed by atoms with Crippen molar-refractivity contribution in [2.24, 2.45) is 0 Å². The normalized spacial score (nSPS) is 13.2. The Labute approximate surface area is 128 Å². The Morgan fingerprint density at radius 2 is 1.95 bits per heavy atom. The SMILES string of the molecule is N#C[C@H](C(=O)NCc1ccc2c(c1)OCO2)c1ccccc1. The fourth-order valence-corrected chi connectivity index (χ4v) is 2.27. The van der Waals surface area contributed by atoms with Crippen LogP contribution in [0.4, 0.5) is 0 Å². The number of carbonyl (C=O) groups is 1. The van der Waals surface area contributed by atoms with Gasteiger partial charge in [-0.1, -0.05) is 36.4 Å². The van der Waals surface area contributed by atoms with Crippen molar-refractivity contribution in [1.29, 1.82) is 5.26 Å². The van der Waals surface area contributed by atoms with Crippen LogP contribution in [0.25, 0.3) is 0 Å². The van der Waals surface area contributed by atoms with Crippen LogP contribution in [0.3, 0.4) is 0 Å². The van der Waals surface area contributed by atoms with E-state index in [0.717, 1.165) is 5.56 Å². The maximum Gasteiger partial charge on any atom is 0.242 e. The molecule has 0 spiro atoms. The van der Waals surface area contributed by atoms with Gasteiger partial charge in [-0.05, 0) is 23.3 Å². The number of carbonyl (C=O) groups excluding carboxylic acids is 1. The number of hydrogen-bond acceptors (Lipinski definition) is 4. The molecule has 0 saturated carbocycles. The van der Waals surface area contributed by atoms with Crippen LogP contribution in [0.1, 0.15) is 17.0 Å². The lowest BCUT2D eigenvalue weighted by molar-refractivity contribution is -0.121. The van der Waals surface area contributed by atoms with Crippen LogP contribution in [0.15, 0.2) is 48.5 Å². The number of hydrogen-bond donors (Lipinski definition) is 1. The lowest BCUT2D eigenvalue weighted by Crippen LogP contribution is -2.28. The van der Waals surface area contributed by atoms with Gasteiger partial charge in [-0.3, -0.25) is 4.79 Å². The first-order valence-corrected chi connectivity index (χ1v) is 6.89. The van der Waals surface area contributed by atoms with Crippen molar-refractivity contribution in [1.82, 2.24) is 5.32 Å². The third-order valence-corrected chi connectivity index (χ3v) is 3.43. The first kappa shape index (κ1) is 14.0. The lowest BCUT2D eigenvalue weighted by atomic mass is 10.00. The van der Waals surface area contributed by atoms with Gasteiger partial charge in [-0.2, -0.15) is 5.26 Å². The molecule has 0 fully saturated rings. The van der Waals surface area contributed by atoms with Crippen LogP contribution in [-0.4, -0.2) is 12.7 Å². The van der Waals surface area contributed by atoms with Crippen LogP contribution in [-0.2, 0) is 11.3 Å². The van der Waals surface area contributed by atoms with Gasteiger partial charge in [0.1, 0.15) is 5.92 Å². The summed E-state index contributed by atoms with van der Waals surface area (Å²) < 4.78 is 10.5. The van der Waals surface area contributed by atoms with Crippen molar-refractivity contribution in [3.63, 3.8) is 0 Å². The number of nitrogens with zero attached hydrogens (tertiary/aromatic N) is 1. The highest BCUT2D eigenvalue weighted by molar-refractivity contribution is 5.86. The van der Waals surface area contributed by atoms with Crippen LogP contribution in [0.2, 0.25) is 0 Å². The summed E-state index contributed by atoms with van der Waals surface area (Å²) in [4.78, 5) is 12.2. The summed E-state index contributed by atoms with van der Waals surface area (Å²) in [6.07, 6.45) is 0. The Balaban J connectivity index is 1.66. The van der Waals surface area contributed by atoms with Gasteiger partial charge < -0.3 is 14.8 Å². The van der Waals surface area contributed by atoms with Crippen LogP contribution < -0.4 is 14.8 Å². The molecular formula is C17H14N2O3. The summed E-state index contributed by atoms with van der Waals surface area (Å²) in [7, 11) is 0. The van der Waals surface area contributed by atoms with Crippen LogP contribution >= 0.6 is 0 Å². The highest BCUT2D eigenvalue weighted by atomic mass is 16.7. The first-order valence-electron chi connectivity index (χ1n) is 6.89. The predicted octanol–water partition coefficient (Wildman–Crippen LogP) is 2.34. The zero-order chi connectivity index (χ0) is 15.4. The second-order valence-corrected chi connectivity index (χ2v) is 4.88. The fourth-order valence-electron chi connectivity index (χ4n) is 2.27. The Morgan fingerprint density at radius 3 is 2.73 bits per heavy atom. The van der Waals surface area contributed by atoms with E-state index in [-0.39, 0.29) is 12.7 Å². The van der Waals surface area contributed by atoms with E-state index in [1.165, 1.54) is 0 Å². The van der Waals surface area contributed by atoms with Gasteiger partial charge in [-0.25, -0.2) is 0 Å². The number of amides is 1. The zero-order valence-corrected chi connectivity index (χ0v) is 11.8. The highest BCUT2D eigenvalue weighted by Gasteiger charge is 2.20. The number of rotatable bonds is 4. The average molecular weight is 294 g/mol. The van der Waals surface area contributed by atoms with Gasteiger partial charge in [-0.15, -0.1) is 0 Å². The number of ether oxygens (including phenoxy) is 2. The molecule has 22 heavy (non-hydrogen) atoms. The molecule has 0 aromatic heterocycles. The summed E-state index contributed by atoms with van der Waals surface area (Å²) in [5.41, 5.74) is 1.58. The molecule has 110 valence electrons. The quantitative estimate of drug-likeness (QED) is 0.939. The molecule has 1 aliphatic rings. The predicted molar refractivity (Wildman–Crippen MR) is 79.2 cm³/mol. The number of fused-ring (bicyclic) bond motifs is 1. The summed E-state index contributed by atoms with van der Waals surface area (Å²) in [6, 6.07) is 16.5. The van der Waals surface area contributed by atoms with E-state index >= 15 is 0 Å². The molecule has 5 heteroatoms. The summed E-state index contributed by atoms with van der Waals surface area (Å²) in [6.45, 7) is 0.552. The molecule has 1 heterocycles. The summed E-state index contributed by atoms with van der Waals surface area (Å²) >= 11 is 0. The minimum atomic E-state index is -0.810. The van der Waals surface area contributed by atoms with E-state index in [1.807, 2.05) is 42.5 Å². The van der Waals surface area contributed by atoms with Crippen molar-refractivity contribution in [3.8, 4) is 17.6 Å². The third-order valence-electron chi connectivity index (χ3n) is 3.43. The Kier molecular flexibility index (Phi) is 3.92. The van der Waals surface area contributed by atoms with E-state index in [9.17, 15) is 10.1 Å². The molecule has 0 bridgehead atoms. The number of nitrogens with one attached hydrogen (secondary N) is 1. The van der Waals surface area contributed by atoms with Crippen molar-refractivity contribution >= 4 is 5.91 Å². The van der Waals surface area contributed by atoms with E-state index in [0.29, 0.717) is 23.6 Å². The van der Waals surface area contributed by atoms with Crippen LogP contribution in [0.5, 0.6) is 11.5 Å². The molecule has 2 aromatic carbocycles. The van der Waals surface area contributed by atoms with Gasteiger partial charge in [0.2, 0.25) is 12.7 Å². The van der Waals surface area contributed by atoms with Crippen molar-refractivity contribution in [3.05, 3.63) is 59.7 Å². The smallest absolute Gasteiger partial charge is 0.242 e. The van der Waals surface area contributed by atoms with Crippen molar-refractivity contribution in [2.75, 3.05) is 6.79 Å². The number of benzene rings is 2. The van der Waals surface area contributed by atoms with E-state index in [2.05, 4.69) is 5.32 Å². The molecule has 1 amide bonds.